The van der Waals surface area contributed by atoms with Gasteiger partial charge in [-0.05, 0) is 25.1 Å². The molecule has 0 saturated carbocycles. The zero-order chi connectivity index (χ0) is 14.7. The van der Waals surface area contributed by atoms with Crippen LogP contribution in [0.5, 0.6) is 0 Å². The Labute approximate surface area is 119 Å². The summed E-state index contributed by atoms with van der Waals surface area (Å²) < 4.78 is 11.3. The first-order valence-electron chi connectivity index (χ1n) is 7.48. The maximum atomic E-state index is 11.3. The van der Waals surface area contributed by atoms with E-state index in [4.69, 9.17) is 9.16 Å². The number of carbonyl (C=O) groups excluding carboxylic acids is 1. The lowest BCUT2D eigenvalue weighted by Gasteiger charge is -2.31. The Morgan fingerprint density at radius 3 is 1.84 bits per heavy atom. The average molecular weight is 286 g/mol. The second-order valence-corrected chi connectivity index (χ2v) is 9.35. The van der Waals surface area contributed by atoms with Gasteiger partial charge in [0.25, 0.3) is 0 Å². The molecule has 112 valence electrons. The van der Waals surface area contributed by atoms with Crippen molar-refractivity contribution >= 4 is 14.3 Å². The summed E-state index contributed by atoms with van der Waals surface area (Å²) in [7, 11) is -1.61. The predicted molar refractivity (Wildman–Crippen MR) is 82.8 cm³/mol. The van der Waals surface area contributed by atoms with Crippen molar-refractivity contribution in [2.24, 2.45) is 0 Å². The van der Waals surface area contributed by atoms with Crippen LogP contribution < -0.4 is 0 Å². The molecule has 0 amide bonds. The number of rotatable bonds is 11. The van der Waals surface area contributed by atoms with Gasteiger partial charge in [0.2, 0.25) is 0 Å². The standard InChI is InChI=1S/C15H30O3Si/c1-6-11-19(12-7-2,13-8-3)18-10-9-17-15(16)14(4)5/h4,6-13H2,1-3,5H3. The smallest absolute Gasteiger partial charge is 0.333 e. The molecule has 0 atom stereocenters. The van der Waals surface area contributed by atoms with Gasteiger partial charge in [0, 0.05) is 5.57 Å². The van der Waals surface area contributed by atoms with E-state index in [0.29, 0.717) is 18.8 Å². The zero-order valence-corrected chi connectivity index (χ0v) is 14.1. The normalized spacial score (nSPS) is 11.4. The third-order valence-corrected chi connectivity index (χ3v) is 8.24. The summed E-state index contributed by atoms with van der Waals surface area (Å²) in [6, 6.07) is 3.63. The number of esters is 1. The molecule has 0 N–H and O–H groups in total. The topological polar surface area (TPSA) is 35.5 Å². The summed E-state index contributed by atoms with van der Waals surface area (Å²) in [5.41, 5.74) is 0.444. The third kappa shape index (κ3) is 7.53. The van der Waals surface area contributed by atoms with Gasteiger partial charge in [-0.2, -0.15) is 0 Å². The lowest BCUT2D eigenvalue weighted by Crippen LogP contribution is -2.39. The summed E-state index contributed by atoms with van der Waals surface area (Å²) in [5.74, 6) is -0.322. The largest absolute Gasteiger partial charge is 0.460 e. The predicted octanol–water partition coefficient (Wildman–Crippen LogP) is 4.30. The Kier molecular flexibility index (Phi) is 9.88. The Morgan fingerprint density at radius 2 is 1.47 bits per heavy atom. The minimum atomic E-state index is -1.61. The molecule has 0 spiro atoms. The molecule has 0 aliphatic heterocycles. The van der Waals surface area contributed by atoms with Gasteiger partial charge >= 0.3 is 5.97 Å². The van der Waals surface area contributed by atoms with E-state index in [1.165, 1.54) is 37.4 Å². The van der Waals surface area contributed by atoms with Crippen molar-refractivity contribution in [2.45, 2.75) is 65.1 Å². The molecule has 0 aromatic carbocycles. The van der Waals surface area contributed by atoms with Crippen LogP contribution in [0.4, 0.5) is 0 Å². The molecule has 19 heavy (non-hydrogen) atoms. The van der Waals surface area contributed by atoms with Gasteiger partial charge in [0.15, 0.2) is 8.32 Å². The molecule has 0 saturated heterocycles. The second kappa shape index (κ2) is 10.2. The molecule has 0 aliphatic rings. The first-order valence-corrected chi connectivity index (χ1v) is 10.0. The summed E-state index contributed by atoms with van der Waals surface area (Å²) in [4.78, 5) is 11.3. The zero-order valence-electron chi connectivity index (χ0n) is 13.1. The molecule has 0 bridgehead atoms. The molecule has 0 radical (unpaired) electrons. The highest BCUT2D eigenvalue weighted by atomic mass is 28.4. The van der Waals surface area contributed by atoms with E-state index in [0.717, 1.165) is 0 Å². The first kappa shape index (κ1) is 18.4. The summed E-state index contributed by atoms with van der Waals surface area (Å²) in [6.07, 6.45) is 3.54. The van der Waals surface area contributed by atoms with Gasteiger partial charge in [-0.15, -0.1) is 0 Å². The number of hydrogen-bond acceptors (Lipinski definition) is 3. The summed E-state index contributed by atoms with van der Waals surface area (Å²) >= 11 is 0. The molecule has 0 aliphatic carbocycles. The lowest BCUT2D eigenvalue weighted by molar-refractivity contribution is -0.139. The quantitative estimate of drug-likeness (QED) is 0.246. The molecule has 0 aromatic rings. The highest BCUT2D eigenvalue weighted by Crippen LogP contribution is 2.27. The first-order chi connectivity index (χ1) is 9.01. The van der Waals surface area contributed by atoms with E-state index in [-0.39, 0.29) is 5.97 Å². The van der Waals surface area contributed by atoms with Crippen LogP contribution in [0.2, 0.25) is 18.1 Å². The molecular formula is C15H30O3Si. The maximum Gasteiger partial charge on any atom is 0.333 e. The van der Waals surface area contributed by atoms with Crippen LogP contribution in [-0.4, -0.2) is 27.5 Å². The molecule has 4 heteroatoms. The Bertz CT molecular complexity index is 260. The molecule has 3 nitrogen and oxygen atoms in total. The SMILES string of the molecule is C=C(C)C(=O)OCCO[Si](CCC)(CCC)CCC. The van der Waals surface area contributed by atoms with Crippen molar-refractivity contribution in [3.05, 3.63) is 12.2 Å². The summed E-state index contributed by atoms with van der Waals surface area (Å²) in [6.45, 7) is 12.8. The molecule has 0 heterocycles. The van der Waals surface area contributed by atoms with Crippen molar-refractivity contribution in [3.63, 3.8) is 0 Å². The van der Waals surface area contributed by atoms with E-state index in [1.807, 2.05) is 0 Å². The molecule has 0 aromatic heterocycles. The molecule has 0 unspecified atom stereocenters. The van der Waals surface area contributed by atoms with Crippen molar-refractivity contribution < 1.29 is 14.0 Å². The highest BCUT2D eigenvalue weighted by molar-refractivity contribution is 6.73. The third-order valence-electron chi connectivity index (χ3n) is 3.19. The van der Waals surface area contributed by atoms with Crippen LogP contribution in [0.3, 0.4) is 0 Å². The van der Waals surface area contributed by atoms with Gasteiger partial charge in [-0.3, -0.25) is 0 Å². The van der Waals surface area contributed by atoms with Crippen LogP contribution in [-0.2, 0) is 14.0 Å². The van der Waals surface area contributed by atoms with Crippen LogP contribution in [0.25, 0.3) is 0 Å². The number of carbonyl (C=O) groups is 1. The van der Waals surface area contributed by atoms with E-state index in [9.17, 15) is 4.79 Å². The number of hydrogen-bond donors (Lipinski definition) is 0. The van der Waals surface area contributed by atoms with Crippen molar-refractivity contribution in [3.8, 4) is 0 Å². The Morgan fingerprint density at radius 1 is 1.00 bits per heavy atom. The highest BCUT2D eigenvalue weighted by Gasteiger charge is 2.31. The van der Waals surface area contributed by atoms with Crippen molar-refractivity contribution in [1.29, 1.82) is 0 Å². The van der Waals surface area contributed by atoms with Gasteiger partial charge < -0.3 is 9.16 Å². The van der Waals surface area contributed by atoms with E-state index in [2.05, 4.69) is 27.4 Å². The Hall–Kier alpha value is -0.613. The van der Waals surface area contributed by atoms with Gasteiger partial charge in [-0.1, -0.05) is 46.6 Å². The van der Waals surface area contributed by atoms with E-state index >= 15 is 0 Å². The maximum absolute atomic E-state index is 11.3. The van der Waals surface area contributed by atoms with Crippen molar-refractivity contribution in [2.75, 3.05) is 13.2 Å². The summed E-state index contributed by atoms with van der Waals surface area (Å²) in [5, 5.41) is 0. The van der Waals surface area contributed by atoms with Gasteiger partial charge in [0.1, 0.15) is 6.61 Å². The van der Waals surface area contributed by atoms with Crippen molar-refractivity contribution in [1.82, 2.24) is 0 Å². The lowest BCUT2D eigenvalue weighted by atomic mass is 10.4. The number of ether oxygens (including phenoxy) is 1. The average Bonchev–Trinajstić information content (AvgIpc) is 2.35. The van der Waals surface area contributed by atoms with Crippen LogP contribution in [0.15, 0.2) is 12.2 Å². The second-order valence-electron chi connectivity index (χ2n) is 5.20. The molecule has 0 rings (SSSR count). The fraction of sp³-hybridized carbons (Fsp3) is 0.800. The molecular weight excluding hydrogens is 256 g/mol. The van der Waals surface area contributed by atoms with Crippen LogP contribution in [0.1, 0.15) is 47.0 Å². The minimum absolute atomic E-state index is 0.322. The van der Waals surface area contributed by atoms with Gasteiger partial charge in [0.05, 0.1) is 6.61 Å². The van der Waals surface area contributed by atoms with Crippen LogP contribution in [0, 0.1) is 0 Å². The Balaban J connectivity index is 4.24. The fourth-order valence-electron chi connectivity index (χ4n) is 2.47. The molecule has 0 fully saturated rings. The van der Waals surface area contributed by atoms with Crippen LogP contribution >= 0.6 is 0 Å². The fourth-order valence-corrected chi connectivity index (χ4v) is 6.91. The minimum Gasteiger partial charge on any atom is -0.460 e. The van der Waals surface area contributed by atoms with E-state index < -0.39 is 8.32 Å². The van der Waals surface area contributed by atoms with Gasteiger partial charge in [-0.25, -0.2) is 4.79 Å². The van der Waals surface area contributed by atoms with E-state index in [1.54, 1.807) is 6.92 Å². The monoisotopic (exact) mass is 286 g/mol.